The fourth-order valence-electron chi connectivity index (χ4n) is 2.80. The molecule has 1 atom stereocenters. The number of hydrogen-bond donors (Lipinski definition) is 2. The van der Waals surface area contributed by atoms with Gasteiger partial charge < -0.3 is 15.2 Å². The van der Waals surface area contributed by atoms with Crippen molar-refractivity contribution in [2.75, 3.05) is 24.7 Å². The number of para-hydroxylation sites is 1. The fourth-order valence-corrected chi connectivity index (χ4v) is 3.75. The number of nitrogens with one attached hydrogen (secondary N) is 1. The van der Waals surface area contributed by atoms with Gasteiger partial charge in [0.1, 0.15) is 18.1 Å². The zero-order valence-corrected chi connectivity index (χ0v) is 16.3. The van der Waals surface area contributed by atoms with Crippen LogP contribution < -0.4 is 10.1 Å². The van der Waals surface area contributed by atoms with Crippen molar-refractivity contribution < 1.29 is 23.1 Å². The molecule has 0 spiro atoms. The Morgan fingerprint density at radius 1 is 1.07 bits per heavy atom. The highest BCUT2D eigenvalue weighted by molar-refractivity contribution is 7.92. The molecule has 2 aromatic carbocycles. The molecule has 2 aromatic rings. The molecule has 0 aliphatic rings. The van der Waals surface area contributed by atoms with Gasteiger partial charge in [-0.2, -0.15) is 0 Å². The molecular weight excluding hydrogens is 366 g/mol. The van der Waals surface area contributed by atoms with Gasteiger partial charge in [-0.1, -0.05) is 48.5 Å². The monoisotopic (exact) mass is 391 g/mol. The van der Waals surface area contributed by atoms with Crippen molar-refractivity contribution in [2.45, 2.75) is 19.9 Å². The Bertz CT molecular complexity index is 845. The maximum atomic E-state index is 11.8. The second-order valence-electron chi connectivity index (χ2n) is 6.44. The molecule has 0 saturated carbocycles. The first-order chi connectivity index (χ1) is 12.8. The number of ether oxygens (including phenoxy) is 1. The third kappa shape index (κ3) is 6.69. The highest BCUT2D eigenvalue weighted by atomic mass is 32.2. The second kappa shape index (κ2) is 9.53. The lowest BCUT2D eigenvalue weighted by atomic mass is 10.1. The van der Waals surface area contributed by atoms with E-state index in [0.717, 1.165) is 22.4 Å². The smallest absolute Gasteiger partial charge is 0.318 e. The normalized spacial score (nSPS) is 12.5. The number of aryl methyl sites for hydroxylation is 2. The van der Waals surface area contributed by atoms with Gasteiger partial charge in [-0.3, -0.25) is 4.79 Å². The van der Waals surface area contributed by atoms with Gasteiger partial charge in [0.25, 0.3) is 0 Å². The SMILES string of the molecule is Cc1cccc(C)c1OCC(NCCS(=O)(=O)CC(=O)O)c1ccccc1. The summed E-state index contributed by atoms with van der Waals surface area (Å²) in [5, 5.41) is 11.9. The standard InChI is InChI=1S/C20H25NO5S/c1-15-7-6-8-16(2)20(15)26-13-18(17-9-4-3-5-10-17)21-11-12-27(24,25)14-19(22)23/h3-10,18,21H,11-14H2,1-2H3,(H,22,23). The van der Waals surface area contributed by atoms with Crippen molar-refractivity contribution >= 4 is 15.8 Å². The topological polar surface area (TPSA) is 92.7 Å². The summed E-state index contributed by atoms with van der Waals surface area (Å²) in [6, 6.07) is 15.3. The van der Waals surface area contributed by atoms with Crippen molar-refractivity contribution in [1.29, 1.82) is 0 Å². The summed E-state index contributed by atoms with van der Waals surface area (Å²) in [4.78, 5) is 10.6. The predicted molar refractivity (Wildman–Crippen MR) is 105 cm³/mol. The van der Waals surface area contributed by atoms with E-state index in [9.17, 15) is 13.2 Å². The van der Waals surface area contributed by atoms with Crippen molar-refractivity contribution in [1.82, 2.24) is 5.32 Å². The van der Waals surface area contributed by atoms with Gasteiger partial charge in [0, 0.05) is 6.54 Å². The van der Waals surface area contributed by atoms with E-state index in [4.69, 9.17) is 9.84 Å². The molecule has 146 valence electrons. The number of rotatable bonds is 10. The van der Waals surface area contributed by atoms with Crippen LogP contribution in [0.15, 0.2) is 48.5 Å². The van der Waals surface area contributed by atoms with Gasteiger partial charge >= 0.3 is 5.97 Å². The number of aliphatic carboxylic acids is 1. The lowest BCUT2D eigenvalue weighted by Crippen LogP contribution is -2.32. The van der Waals surface area contributed by atoms with Crippen LogP contribution in [0.2, 0.25) is 0 Å². The molecule has 2 rings (SSSR count). The van der Waals surface area contributed by atoms with Crippen LogP contribution in [0.1, 0.15) is 22.7 Å². The molecule has 0 aromatic heterocycles. The van der Waals surface area contributed by atoms with Crippen LogP contribution in [0.4, 0.5) is 0 Å². The highest BCUT2D eigenvalue weighted by Crippen LogP contribution is 2.24. The van der Waals surface area contributed by atoms with E-state index >= 15 is 0 Å². The maximum Gasteiger partial charge on any atom is 0.318 e. The van der Waals surface area contributed by atoms with Gasteiger partial charge in [0.05, 0.1) is 11.8 Å². The van der Waals surface area contributed by atoms with Crippen LogP contribution in [0.25, 0.3) is 0 Å². The van der Waals surface area contributed by atoms with Crippen LogP contribution in [0, 0.1) is 13.8 Å². The highest BCUT2D eigenvalue weighted by Gasteiger charge is 2.18. The van der Waals surface area contributed by atoms with Crippen molar-refractivity contribution in [3.05, 3.63) is 65.2 Å². The molecule has 0 aliphatic heterocycles. The van der Waals surface area contributed by atoms with Crippen LogP contribution in [0.5, 0.6) is 5.75 Å². The molecule has 0 amide bonds. The molecule has 0 heterocycles. The zero-order chi connectivity index (χ0) is 19.9. The molecule has 1 unspecified atom stereocenters. The number of benzene rings is 2. The summed E-state index contributed by atoms with van der Waals surface area (Å²) in [5.74, 6) is -1.62. The third-order valence-electron chi connectivity index (χ3n) is 4.15. The summed E-state index contributed by atoms with van der Waals surface area (Å²) in [6.45, 7) is 4.43. The van der Waals surface area contributed by atoms with Crippen molar-refractivity contribution in [3.63, 3.8) is 0 Å². The summed E-state index contributed by atoms with van der Waals surface area (Å²) in [5.41, 5.74) is 3.04. The van der Waals surface area contributed by atoms with E-state index in [1.54, 1.807) is 0 Å². The Labute approximate surface area is 160 Å². The van der Waals surface area contributed by atoms with Crippen LogP contribution in [-0.2, 0) is 14.6 Å². The first-order valence-corrected chi connectivity index (χ1v) is 10.5. The minimum atomic E-state index is -3.64. The minimum absolute atomic E-state index is 0.144. The fraction of sp³-hybridized carbons (Fsp3) is 0.350. The molecule has 6 nitrogen and oxygen atoms in total. The molecule has 27 heavy (non-hydrogen) atoms. The zero-order valence-electron chi connectivity index (χ0n) is 15.5. The number of carboxylic acid groups (broad SMARTS) is 1. The summed E-state index contributed by atoms with van der Waals surface area (Å²) >= 11 is 0. The summed E-state index contributed by atoms with van der Waals surface area (Å²) in [6.07, 6.45) is 0. The van der Waals surface area contributed by atoms with Crippen LogP contribution in [-0.4, -0.2) is 44.2 Å². The Hall–Kier alpha value is -2.38. The molecule has 0 radical (unpaired) electrons. The molecule has 0 aliphatic carbocycles. The van der Waals surface area contributed by atoms with Gasteiger partial charge in [-0.05, 0) is 30.5 Å². The number of carboxylic acids is 1. The average Bonchev–Trinajstić information content (AvgIpc) is 2.59. The molecule has 2 N–H and O–H groups in total. The van der Waals surface area contributed by atoms with Crippen LogP contribution >= 0.6 is 0 Å². The van der Waals surface area contributed by atoms with Gasteiger partial charge in [0.15, 0.2) is 9.84 Å². The Morgan fingerprint density at radius 3 is 2.30 bits per heavy atom. The summed E-state index contributed by atoms with van der Waals surface area (Å²) in [7, 11) is -3.64. The van der Waals surface area contributed by atoms with E-state index in [1.807, 2.05) is 62.4 Å². The van der Waals surface area contributed by atoms with Gasteiger partial charge in [-0.15, -0.1) is 0 Å². The van der Waals surface area contributed by atoms with E-state index in [-0.39, 0.29) is 18.3 Å². The van der Waals surface area contributed by atoms with Crippen molar-refractivity contribution in [2.24, 2.45) is 0 Å². The molecular formula is C20H25NO5S. The van der Waals surface area contributed by atoms with Crippen molar-refractivity contribution in [3.8, 4) is 5.75 Å². The molecule has 7 heteroatoms. The quantitative estimate of drug-likeness (QED) is 0.646. The third-order valence-corrected chi connectivity index (χ3v) is 5.67. The Kier molecular flexibility index (Phi) is 7.38. The Balaban J connectivity index is 2.05. The lowest BCUT2D eigenvalue weighted by Gasteiger charge is -2.21. The van der Waals surface area contributed by atoms with Gasteiger partial charge in [0.2, 0.25) is 0 Å². The first-order valence-electron chi connectivity index (χ1n) is 8.68. The van der Waals surface area contributed by atoms with E-state index in [0.29, 0.717) is 6.61 Å². The molecule has 0 bridgehead atoms. The second-order valence-corrected chi connectivity index (χ2v) is 8.62. The largest absolute Gasteiger partial charge is 0.491 e. The first kappa shape index (κ1) is 20.9. The van der Waals surface area contributed by atoms with E-state index in [2.05, 4.69) is 5.32 Å². The van der Waals surface area contributed by atoms with Gasteiger partial charge in [-0.25, -0.2) is 8.42 Å². The van der Waals surface area contributed by atoms with Crippen LogP contribution in [0.3, 0.4) is 0 Å². The van der Waals surface area contributed by atoms with E-state index in [1.165, 1.54) is 0 Å². The molecule has 0 fully saturated rings. The predicted octanol–water partition coefficient (Wildman–Crippen LogP) is 2.51. The average molecular weight is 391 g/mol. The minimum Gasteiger partial charge on any atom is -0.491 e. The lowest BCUT2D eigenvalue weighted by molar-refractivity contribution is -0.134. The Morgan fingerprint density at radius 2 is 1.70 bits per heavy atom. The number of hydrogen-bond acceptors (Lipinski definition) is 5. The number of carbonyl (C=O) groups is 1. The molecule has 0 saturated heterocycles. The maximum absolute atomic E-state index is 11.8. The summed E-state index contributed by atoms with van der Waals surface area (Å²) < 4.78 is 29.6. The van der Waals surface area contributed by atoms with E-state index < -0.39 is 21.6 Å². The number of sulfone groups is 1.